The van der Waals surface area contributed by atoms with E-state index >= 15 is 0 Å². The predicted molar refractivity (Wildman–Crippen MR) is 74.0 cm³/mol. The maximum atomic E-state index is 3.50. The van der Waals surface area contributed by atoms with Crippen LogP contribution in [0.4, 0.5) is 5.69 Å². The summed E-state index contributed by atoms with van der Waals surface area (Å²) in [6, 6.07) is 14.8. The van der Waals surface area contributed by atoms with Gasteiger partial charge in [0, 0.05) is 16.8 Å². The average molecular weight is 221 g/mol. The molecule has 0 unspecified atom stereocenters. The summed E-state index contributed by atoms with van der Waals surface area (Å²) >= 11 is 0. The van der Waals surface area contributed by atoms with E-state index in [4.69, 9.17) is 0 Å². The fourth-order valence-electron chi connectivity index (χ4n) is 2.20. The van der Waals surface area contributed by atoms with Crippen LogP contribution in [-0.4, -0.2) is 0 Å². The Hall–Kier alpha value is -2.02. The molecule has 1 nitrogen and oxygen atoms in total. The molecule has 0 bridgehead atoms. The second-order valence-corrected chi connectivity index (χ2v) is 4.29. The van der Waals surface area contributed by atoms with E-state index < -0.39 is 0 Å². The summed E-state index contributed by atoms with van der Waals surface area (Å²) in [5.74, 6) is 0. The Kier molecular flexibility index (Phi) is 2.66. The second kappa shape index (κ2) is 4.46. The van der Waals surface area contributed by atoms with Gasteiger partial charge >= 0.3 is 0 Å². The lowest BCUT2D eigenvalue weighted by atomic mass is 10.1. The van der Waals surface area contributed by atoms with Gasteiger partial charge in [-0.05, 0) is 30.4 Å². The summed E-state index contributed by atoms with van der Waals surface area (Å²) in [6.45, 7) is 0. The van der Waals surface area contributed by atoms with Crippen molar-refractivity contribution in [2.75, 3.05) is 5.32 Å². The molecule has 0 saturated carbocycles. The van der Waals surface area contributed by atoms with Gasteiger partial charge in [-0.3, -0.25) is 0 Å². The van der Waals surface area contributed by atoms with Gasteiger partial charge in [-0.2, -0.15) is 0 Å². The molecule has 3 rings (SSSR count). The van der Waals surface area contributed by atoms with E-state index in [1.165, 1.54) is 22.2 Å². The molecule has 0 heterocycles. The molecule has 0 amide bonds. The molecule has 0 aromatic heterocycles. The molecule has 0 saturated heterocycles. The lowest BCUT2D eigenvalue weighted by molar-refractivity contribution is 1.02. The Balaban J connectivity index is 2.00. The molecule has 0 aliphatic heterocycles. The van der Waals surface area contributed by atoms with Crippen molar-refractivity contribution in [3.05, 3.63) is 66.4 Å². The molecule has 1 aliphatic carbocycles. The number of benzene rings is 2. The first-order valence-electron chi connectivity index (χ1n) is 6.05. The van der Waals surface area contributed by atoms with E-state index in [-0.39, 0.29) is 0 Å². The van der Waals surface area contributed by atoms with Gasteiger partial charge in [-0.25, -0.2) is 0 Å². The highest BCUT2D eigenvalue weighted by Crippen LogP contribution is 2.25. The Labute approximate surface area is 101 Å². The first kappa shape index (κ1) is 10.2. The standard InChI is InChI=1S/C16H15N/c1-2-9-14(10-3-1)17-16-12-6-8-13-7-4-5-11-15(13)16/h2,4-12,17H,1,3H2. The molecule has 1 N–H and O–H groups in total. The Morgan fingerprint density at radius 1 is 0.882 bits per heavy atom. The van der Waals surface area contributed by atoms with Crippen LogP contribution in [0.15, 0.2) is 66.4 Å². The number of allylic oxidation sites excluding steroid dienone is 3. The molecule has 2 aromatic rings. The van der Waals surface area contributed by atoms with Crippen LogP contribution in [0.2, 0.25) is 0 Å². The van der Waals surface area contributed by atoms with Gasteiger partial charge in [0.15, 0.2) is 0 Å². The fraction of sp³-hybridized carbons (Fsp3) is 0.125. The highest BCUT2D eigenvalue weighted by molar-refractivity contribution is 5.94. The zero-order valence-corrected chi connectivity index (χ0v) is 9.69. The van der Waals surface area contributed by atoms with Gasteiger partial charge in [0.1, 0.15) is 0 Å². The van der Waals surface area contributed by atoms with Gasteiger partial charge in [0.2, 0.25) is 0 Å². The van der Waals surface area contributed by atoms with Crippen molar-refractivity contribution in [2.24, 2.45) is 0 Å². The van der Waals surface area contributed by atoms with Crippen molar-refractivity contribution in [1.29, 1.82) is 0 Å². The Morgan fingerprint density at radius 3 is 2.65 bits per heavy atom. The first-order valence-corrected chi connectivity index (χ1v) is 6.05. The molecule has 17 heavy (non-hydrogen) atoms. The minimum absolute atomic E-state index is 1.13. The fourth-order valence-corrected chi connectivity index (χ4v) is 2.20. The normalized spacial score (nSPS) is 14.7. The Morgan fingerprint density at radius 2 is 1.76 bits per heavy atom. The van der Waals surface area contributed by atoms with Crippen LogP contribution >= 0.6 is 0 Å². The van der Waals surface area contributed by atoms with E-state index in [1.54, 1.807) is 0 Å². The minimum atomic E-state index is 1.13. The second-order valence-electron chi connectivity index (χ2n) is 4.29. The van der Waals surface area contributed by atoms with E-state index in [0.29, 0.717) is 0 Å². The summed E-state index contributed by atoms with van der Waals surface area (Å²) in [5.41, 5.74) is 2.38. The number of rotatable bonds is 2. The molecule has 0 atom stereocenters. The van der Waals surface area contributed by atoms with E-state index in [2.05, 4.69) is 66.0 Å². The number of hydrogen-bond acceptors (Lipinski definition) is 1. The number of fused-ring (bicyclic) bond motifs is 1. The smallest absolute Gasteiger partial charge is 0.0463 e. The van der Waals surface area contributed by atoms with Gasteiger partial charge in [-0.1, -0.05) is 48.6 Å². The van der Waals surface area contributed by atoms with Crippen molar-refractivity contribution in [1.82, 2.24) is 0 Å². The largest absolute Gasteiger partial charge is 0.355 e. The van der Waals surface area contributed by atoms with Crippen molar-refractivity contribution >= 4 is 16.5 Å². The van der Waals surface area contributed by atoms with Crippen LogP contribution in [0, 0.1) is 0 Å². The monoisotopic (exact) mass is 221 g/mol. The minimum Gasteiger partial charge on any atom is -0.355 e. The zero-order chi connectivity index (χ0) is 11.5. The van der Waals surface area contributed by atoms with Crippen molar-refractivity contribution in [3.63, 3.8) is 0 Å². The van der Waals surface area contributed by atoms with Gasteiger partial charge in [-0.15, -0.1) is 0 Å². The number of nitrogens with one attached hydrogen (secondary N) is 1. The summed E-state index contributed by atoms with van der Waals surface area (Å²) in [7, 11) is 0. The molecule has 0 radical (unpaired) electrons. The quantitative estimate of drug-likeness (QED) is 0.788. The van der Waals surface area contributed by atoms with Crippen LogP contribution in [0.1, 0.15) is 12.8 Å². The third-order valence-electron chi connectivity index (χ3n) is 3.06. The molecular formula is C16H15N. The third kappa shape index (κ3) is 2.09. The van der Waals surface area contributed by atoms with Crippen molar-refractivity contribution in [3.8, 4) is 0 Å². The van der Waals surface area contributed by atoms with Gasteiger partial charge < -0.3 is 5.32 Å². The van der Waals surface area contributed by atoms with E-state index in [0.717, 1.165) is 12.8 Å². The molecule has 1 aliphatic rings. The lowest BCUT2D eigenvalue weighted by Crippen LogP contribution is -1.99. The van der Waals surface area contributed by atoms with Crippen LogP contribution in [0.5, 0.6) is 0 Å². The SMILES string of the molecule is C1=CC(Nc2cccc3ccccc23)=CCC1. The van der Waals surface area contributed by atoms with Crippen LogP contribution in [-0.2, 0) is 0 Å². The average Bonchev–Trinajstić information content (AvgIpc) is 2.40. The van der Waals surface area contributed by atoms with Crippen molar-refractivity contribution < 1.29 is 0 Å². The third-order valence-corrected chi connectivity index (χ3v) is 3.06. The maximum Gasteiger partial charge on any atom is 0.0463 e. The van der Waals surface area contributed by atoms with Crippen LogP contribution in [0.3, 0.4) is 0 Å². The molecular weight excluding hydrogens is 206 g/mol. The number of anilines is 1. The van der Waals surface area contributed by atoms with Crippen LogP contribution in [0.25, 0.3) is 10.8 Å². The summed E-state index contributed by atoms with van der Waals surface area (Å²) in [5, 5.41) is 6.05. The van der Waals surface area contributed by atoms with E-state index in [9.17, 15) is 0 Å². The molecule has 84 valence electrons. The lowest BCUT2D eigenvalue weighted by Gasteiger charge is -2.12. The van der Waals surface area contributed by atoms with E-state index in [1.807, 2.05) is 0 Å². The number of hydrogen-bond donors (Lipinski definition) is 1. The maximum absolute atomic E-state index is 3.50. The molecule has 2 aromatic carbocycles. The van der Waals surface area contributed by atoms with Crippen LogP contribution < -0.4 is 5.32 Å². The summed E-state index contributed by atoms with van der Waals surface area (Å²) in [4.78, 5) is 0. The molecule has 0 spiro atoms. The zero-order valence-electron chi connectivity index (χ0n) is 9.69. The topological polar surface area (TPSA) is 12.0 Å². The molecule has 1 heteroatoms. The Bertz CT molecular complexity index is 588. The molecule has 0 fully saturated rings. The van der Waals surface area contributed by atoms with Crippen molar-refractivity contribution in [2.45, 2.75) is 12.8 Å². The predicted octanol–water partition coefficient (Wildman–Crippen LogP) is 4.49. The summed E-state index contributed by atoms with van der Waals surface area (Å²) in [6.07, 6.45) is 8.91. The van der Waals surface area contributed by atoms with Gasteiger partial charge in [0.05, 0.1) is 0 Å². The van der Waals surface area contributed by atoms with Gasteiger partial charge in [0.25, 0.3) is 0 Å². The summed E-state index contributed by atoms with van der Waals surface area (Å²) < 4.78 is 0. The highest BCUT2D eigenvalue weighted by atomic mass is 14.9. The highest BCUT2D eigenvalue weighted by Gasteiger charge is 2.02. The first-order chi connectivity index (χ1) is 8.43.